The van der Waals surface area contributed by atoms with Crippen LogP contribution in [0.3, 0.4) is 0 Å². The molecule has 0 aliphatic carbocycles. The number of aryl methyl sites for hydroxylation is 1. The molecule has 1 N–H and O–H groups in total. The molecule has 0 aromatic carbocycles. The summed E-state index contributed by atoms with van der Waals surface area (Å²) in [4.78, 5) is 14.3. The zero-order valence-corrected chi connectivity index (χ0v) is 13.4. The lowest BCUT2D eigenvalue weighted by Crippen LogP contribution is -2.32. The van der Waals surface area contributed by atoms with E-state index < -0.39 is 5.60 Å². The van der Waals surface area contributed by atoms with E-state index in [2.05, 4.69) is 31.3 Å². The summed E-state index contributed by atoms with van der Waals surface area (Å²) in [5.74, 6) is -0.140. The summed E-state index contributed by atoms with van der Waals surface area (Å²) in [6.45, 7) is 10.6. The van der Waals surface area contributed by atoms with E-state index >= 15 is 0 Å². The van der Waals surface area contributed by atoms with E-state index in [1.54, 1.807) is 0 Å². The third-order valence-electron chi connectivity index (χ3n) is 2.55. The maximum atomic E-state index is 11.5. The average Bonchev–Trinajstić information content (AvgIpc) is 2.61. The molecule has 0 aliphatic heterocycles. The normalized spacial score (nSPS) is 13.3. The molecule has 0 spiro atoms. The maximum Gasteiger partial charge on any atom is 0.307 e. The predicted octanol–water partition coefficient (Wildman–Crippen LogP) is 3.31. The summed E-state index contributed by atoms with van der Waals surface area (Å²) in [7, 11) is 0. The molecule has 0 fully saturated rings. The van der Waals surface area contributed by atoms with Crippen molar-refractivity contribution in [1.82, 2.24) is 5.32 Å². The fourth-order valence-electron chi connectivity index (χ4n) is 1.78. The van der Waals surface area contributed by atoms with Gasteiger partial charge in [0.1, 0.15) is 5.60 Å². The van der Waals surface area contributed by atoms with Crippen LogP contribution in [-0.4, -0.2) is 24.2 Å². The Labute approximate surface area is 120 Å². The van der Waals surface area contributed by atoms with Crippen LogP contribution < -0.4 is 5.32 Å². The largest absolute Gasteiger partial charge is 0.460 e. The summed E-state index contributed by atoms with van der Waals surface area (Å²) in [6, 6.07) is 4.69. The van der Waals surface area contributed by atoms with Crippen LogP contribution >= 0.6 is 11.3 Å². The number of carbonyl (C=O) groups is 1. The van der Waals surface area contributed by atoms with Gasteiger partial charge in [0.05, 0.1) is 6.42 Å². The Bertz CT molecular complexity index is 407. The van der Waals surface area contributed by atoms with Gasteiger partial charge >= 0.3 is 5.97 Å². The summed E-state index contributed by atoms with van der Waals surface area (Å²) in [6.07, 6.45) is 1.43. The zero-order chi connectivity index (χ0) is 14.5. The summed E-state index contributed by atoms with van der Waals surface area (Å²) < 4.78 is 5.26. The first kappa shape index (κ1) is 16.2. The van der Waals surface area contributed by atoms with Gasteiger partial charge in [0.2, 0.25) is 0 Å². The second-order valence-electron chi connectivity index (χ2n) is 5.91. The quantitative estimate of drug-likeness (QED) is 0.814. The number of thiophene rings is 1. The molecule has 3 nitrogen and oxygen atoms in total. The SMILES string of the molecule is Cc1ccc(CC(C)NCCC(=O)OC(C)(C)C)s1. The Morgan fingerprint density at radius 1 is 1.42 bits per heavy atom. The lowest BCUT2D eigenvalue weighted by Gasteiger charge is -2.20. The van der Waals surface area contributed by atoms with E-state index in [0.29, 0.717) is 19.0 Å². The minimum Gasteiger partial charge on any atom is -0.460 e. The Balaban J connectivity index is 2.20. The van der Waals surface area contributed by atoms with E-state index in [0.717, 1.165) is 6.42 Å². The van der Waals surface area contributed by atoms with Crippen molar-refractivity contribution in [2.45, 2.75) is 59.1 Å². The first-order valence-corrected chi connectivity index (χ1v) is 7.58. The van der Waals surface area contributed by atoms with E-state index in [9.17, 15) is 4.79 Å². The molecule has 1 rings (SSSR count). The van der Waals surface area contributed by atoms with Crippen molar-refractivity contribution in [1.29, 1.82) is 0 Å². The second kappa shape index (κ2) is 7.06. The average molecular weight is 283 g/mol. The number of hydrogen-bond donors (Lipinski definition) is 1. The van der Waals surface area contributed by atoms with Gasteiger partial charge in [0.25, 0.3) is 0 Å². The zero-order valence-electron chi connectivity index (χ0n) is 12.6. The van der Waals surface area contributed by atoms with Crippen molar-refractivity contribution in [3.05, 3.63) is 21.9 Å². The fraction of sp³-hybridized carbons (Fsp3) is 0.667. The van der Waals surface area contributed by atoms with Crippen LogP contribution in [-0.2, 0) is 16.0 Å². The predicted molar refractivity (Wildman–Crippen MR) is 80.7 cm³/mol. The van der Waals surface area contributed by atoms with Crippen LogP contribution in [0.5, 0.6) is 0 Å². The highest BCUT2D eigenvalue weighted by molar-refractivity contribution is 7.11. The fourth-order valence-corrected chi connectivity index (χ4v) is 2.80. The molecule has 1 unspecified atom stereocenters. The molecule has 0 radical (unpaired) electrons. The third kappa shape index (κ3) is 7.33. The third-order valence-corrected chi connectivity index (χ3v) is 3.57. The van der Waals surface area contributed by atoms with Gasteiger partial charge in [0.15, 0.2) is 0 Å². The molecule has 0 aliphatic rings. The van der Waals surface area contributed by atoms with Crippen LogP contribution in [0.1, 0.15) is 43.9 Å². The van der Waals surface area contributed by atoms with E-state index in [-0.39, 0.29) is 5.97 Å². The van der Waals surface area contributed by atoms with Crippen LogP contribution in [0, 0.1) is 6.92 Å². The number of esters is 1. The molecular formula is C15H25NO2S. The van der Waals surface area contributed by atoms with Gasteiger partial charge in [-0.15, -0.1) is 11.3 Å². The van der Waals surface area contributed by atoms with Gasteiger partial charge < -0.3 is 10.1 Å². The molecule has 1 aromatic heterocycles. The number of ether oxygens (including phenoxy) is 1. The smallest absolute Gasteiger partial charge is 0.307 e. The molecule has 108 valence electrons. The van der Waals surface area contributed by atoms with Crippen LogP contribution in [0.4, 0.5) is 0 Å². The minimum absolute atomic E-state index is 0.140. The molecule has 0 amide bonds. The molecule has 1 aromatic rings. The maximum absolute atomic E-state index is 11.5. The molecule has 1 atom stereocenters. The van der Waals surface area contributed by atoms with E-state index in [4.69, 9.17) is 4.74 Å². The van der Waals surface area contributed by atoms with Crippen molar-refractivity contribution in [2.24, 2.45) is 0 Å². The van der Waals surface area contributed by atoms with Crippen LogP contribution in [0.15, 0.2) is 12.1 Å². The Morgan fingerprint density at radius 2 is 2.11 bits per heavy atom. The lowest BCUT2D eigenvalue weighted by molar-refractivity contribution is -0.154. The van der Waals surface area contributed by atoms with Gasteiger partial charge in [-0.3, -0.25) is 4.79 Å². The monoisotopic (exact) mass is 283 g/mol. The minimum atomic E-state index is -0.392. The first-order chi connectivity index (χ1) is 8.76. The highest BCUT2D eigenvalue weighted by Crippen LogP contribution is 2.16. The van der Waals surface area contributed by atoms with Gasteiger partial charge in [-0.2, -0.15) is 0 Å². The number of rotatable bonds is 6. The van der Waals surface area contributed by atoms with E-state index in [1.165, 1.54) is 9.75 Å². The Morgan fingerprint density at radius 3 is 2.63 bits per heavy atom. The number of nitrogens with one attached hydrogen (secondary N) is 1. The topological polar surface area (TPSA) is 38.3 Å². The van der Waals surface area contributed by atoms with Gasteiger partial charge in [-0.25, -0.2) is 0 Å². The highest BCUT2D eigenvalue weighted by Gasteiger charge is 2.16. The van der Waals surface area contributed by atoms with E-state index in [1.807, 2.05) is 32.1 Å². The van der Waals surface area contributed by atoms with Gasteiger partial charge in [0, 0.05) is 22.3 Å². The number of hydrogen-bond acceptors (Lipinski definition) is 4. The summed E-state index contributed by atoms with van der Waals surface area (Å²) in [5.41, 5.74) is -0.392. The molecule has 0 bridgehead atoms. The second-order valence-corrected chi connectivity index (χ2v) is 7.28. The molecule has 0 saturated carbocycles. The van der Waals surface area contributed by atoms with Crippen LogP contribution in [0.2, 0.25) is 0 Å². The Hall–Kier alpha value is -0.870. The van der Waals surface area contributed by atoms with Crippen molar-refractivity contribution >= 4 is 17.3 Å². The highest BCUT2D eigenvalue weighted by atomic mass is 32.1. The molecule has 1 heterocycles. The first-order valence-electron chi connectivity index (χ1n) is 6.77. The molecular weight excluding hydrogens is 258 g/mol. The standard InChI is InChI=1S/C15H25NO2S/c1-11(10-13-7-6-12(2)19-13)16-9-8-14(17)18-15(3,4)5/h6-7,11,16H,8-10H2,1-5H3. The molecule has 0 saturated heterocycles. The van der Waals surface area contributed by atoms with Crippen LogP contribution in [0.25, 0.3) is 0 Å². The van der Waals surface area contributed by atoms with Crippen molar-refractivity contribution in [2.75, 3.05) is 6.54 Å². The van der Waals surface area contributed by atoms with Gasteiger partial charge in [-0.05, 0) is 53.2 Å². The molecule has 19 heavy (non-hydrogen) atoms. The lowest BCUT2D eigenvalue weighted by atomic mass is 10.2. The van der Waals surface area contributed by atoms with Crippen molar-refractivity contribution < 1.29 is 9.53 Å². The number of carbonyl (C=O) groups excluding carboxylic acids is 1. The summed E-state index contributed by atoms with van der Waals surface area (Å²) >= 11 is 1.83. The Kier molecular flexibility index (Phi) is 6.01. The molecule has 4 heteroatoms. The van der Waals surface area contributed by atoms with Crippen molar-refractivity contribution in [3.63, 3.8) is 0 Å². The summed E-state index contributed by atoms with van der Waals surface area (Å²) in [5, 5.41) is 3.36. The van der Waals surface area contributed by atoms with Gasteiger partial charge in [-0.1, -0.05) is 0 Å². The van der Waals surface area contributed by atoms with Crippen molar-refractivity contribution in [3.8, 4) is 0 Å².